The molecule has 1 saturated carbocycles. The molecule has 6 heteroatoms. The number of hydrogen-bond donors (Lipinski definition) is 2. The lowest BCUT2D eigenvalue weighted by molar-refractivity contribution is -0.149. The van der Waals surface area contributed by atoms with Crippen LogP contribution < -0.4 is 5.32 Å². The molecule has 23 heavy (non-hydrogen) atoms. The molecular weight excluding hydrogens is 316 g/mol. The molecule has 1 saturated heterocycles. The largest absolute Gasteiger partial charge is 0.481 e. The third-order valence-corrected chi connectivity index (χ3v) is 5.72. The maximum Gasteiger partial charge on any atom is 0.321 e. The summed E-state index contributed by atoms with van der Waals surface area (Å²) in [7, 11) is 0. The number of fused-ring (bicyclic) bond motifs is 1. The van der Waals surface area contributed by atoms with E-state index in [1.807, 2.05) is 26.0 Å². The number of benzene rings is 1. The summed E-state index contributed by atoms with van der Waals surface area (Å²) >= 11 is 6.20. The van der Waals surface area contributed by atoms with E-state index in [1.165, 1.54) is 0 Å². The van der Waals surface area contributed by atoms with Gasteiger partial charge in [0.1, 0.15) is 0 Å². The first-order valence-electron chi connectivity index (χ1n) is 7.89. The second-order valence-electron chi connectivity index (χ2n) is 6.78. The molecule has 124 valence electrons. The Labute approximate surface area is 140 Å². The van der Waals surface area contributed by atoms with E-state index in [-0.39, 0.29) is 18.5 Å². The number of anilines is 1. The standard InChI is InChI=1S/C17H21ClN2O3/c1-10-6-13(18)14(7-11(10)2)19-16(23)20-8-12-4-3-5-17(12,9-20)15(21)22/h6-7,12H,3-5,8-9H2,1-2H3,(H,19,23)(H,21,22)/t12-,17+/m0/s1. The van der Waals surface area contributed by atoms with Crippen molar-refractivity contribution in [2.45, 2.75) is 33.1 Å². The zero-order chi connectivity index (χ0) is 16.8. The number of carboxylic acids is 1. The molecule has 1 aromatic rings. The molecule has 3 rings (SSSR count). The fourth-order valence-corrected chi connectivity index (χ4v) is 4.13. The van der Waals surface area contributed by atoms with E-state index >= 15 is 0 Å². The molecule has 1 heterocycles. The number of rotatable bonds is 2. The van der Waals surface area contributed by atoms with Crippen molar-refractivity contribution in [3.8, 4) is 0 Å². The molecule has 2 aliphatic rings. The number of nitrogens with zero attached hydrogens (tertiary/aromatic N) is 1. The van der Waals surface area contributed by atoms with Crippen LogP contribution in [-0.4, -0.2) is 35.1 Å². The van der Waals surface area contributed by atoms with Crippen LogP contribution in [0.15, 0.2) is 12.1 Å². The molecule has 2 amide bonds. The number of carbonyl (C=O) groups is 2. The maximum absolute atomic E-state index is 12.5. The van der Waals surface area contributed by atoms with Crippen LogP contribution in [0, 0.1) is 25.2 Å². The Morgan fingerprint density at radius 2 is 2.04 bits per heavy atom. The van der Waals surface area contributed by atoms with Crippen LogP contribution in [0.1, 0.15) is 30.4 Å². The van der Waals surface area contributed by atoms with Gasteiger partial charge in [0, 0.05) is 13.1 Å². The van der Waals surface area contributed by atoms with E-state index in [0.29, 0.717) is 23.7 Å². The normalized spacial score (nSPS) is 26.2. The summed E-state index contributed by atoms with van der Waals surface area (Å²) in [5.74, 6) is -0.722. The first-order valence-corrected chi connectivity index (χ1v) is 8.27. The number of nitrogens with one attached hydrogen (secondary N) is 1. The molecule has 1 aromatic carbocycles. The zero-order valence-electron chi connectivity index (χ0n) is 13.4. The predicted molar refractivity (Wildman–Crippen MR) is 88.9 cm³/mol. The van der Waals surface area contributed by atoms with Crippen LogP contribution >= 0.6 is 11.6 Å². The number of urea groups is 1. The lowest BCUT2D eigenvalue weighted by Crippen LogP contribution is -2.38. The van der Waals surface area contributed by atoms with Gasteiger partial charge in [0.2, 0.25) is 0 Å². The van der Waals surface area contributed by atoms with Crippen molar-refractivity contribution in [1.82, 2.24) is 4.90 Å². The van der Waals surface area contributed by atoms with Gasteiger partial charge in [0.15, 0.2) is 0 Å². The number of carboxylic acid groups (broad SMARTS) is 1. The highest BCUT2D eigenvalue weighted by atomic mass is 35.5. The van der Waals surface area contributed by atoms with Gasteiger partial charge in [-0.1, -0.05) is 18.0 Å². The molecule has 0 spiro atoms. The summed E-state index contributed by atoms with van der Waals surface area (Å²) in [4.78, 5) is 25.8. The van der Waals surface area contributed by atoms with E-state index < -0.39 is 11.4 Å². The second kappa shape index (κ2) is 5.71. The topological polar surface area (TPSA) is 69.6 Å². The lowest BCUT2D eigenvalue weighted by Gasteiger charge is -2.23. The summed E-state index contributed by atoms with van der Waals surface area (Å²) in [5, 5.41) is 12.9. The van der Waals surface area contributed by atoms with Crippen LogP contribution in [-0.2, 0) is 4.79 Å². The number of amides is 2. The van der Waals surface area contributed by atoms with Gasteiger partial charge in [-0.25, -0.2) is 4.79 Å². The minimum atomic E-state index is -0.778. The number of aliphatic carboxylic acids is 1. The van der Waals surface area contributed by atoms with Gasteiger partial charge in [-0.3, -0.25) is 4.79 Å². The van der Waals surface area contributed by atoms with Crippen LogP contribution in [0.25, 0.3) is 0 Å². The van der Waals surface area contributed by atoms with E-state index in [4.69, 9.17) is 11.6 Å². The fraction of sp³-hybridized carbons (Fsp3) is 0.529. The molecule has 0 radical (unpaired) electrons. The molecule has 0 unspecified atom stereocenters. The molecule has 2 atom stereocenters. The zero-order valence-corrected chi connectivity index (χ0v) is 14.1. The molecule has 0 bridgehead atoms. The van der Waals surface area contributed by atoms with Crippen LogP contribution in [0.4, 0.5) is 10.5 Å². The average molecular weight is 337 g/mol. The Bertz CT molecular complexity index is 676. The van der Waals surface area contributed by atoms with E-state index in [0.717, 1.165) is 24.0 Å². The fourth-order valence-electron chi connectivity index (χ4n) is 3.86. The van der Waals surface area contributed by atoms with E-state index in [2.05, 4.69) is 5.32 Å². The Balaban J connectivity index is 1.76. The second-order valence-corrected chi connectivity index (χ2v) is 7.18. The smallest absolute Gasteiger partial charge is 0.321 e. The molecule has 2 N–H and O–H groups in total. The number of hydrogen-bond acceptors (Lipinski definition) is 2. The third kappa shape index (κ3) is 2.67. The monoisotopic (exact) mass is 336 g/mol. The van der Waals surface area contributed by atoms with Crippen molar-refractivity contribution < 1.29 is 14.7 Å². The summed E-state index contributed by atoms with van der Waals surface area (Å²) in [6.45, 7) is 4.70. The van der Waals surface area contributed by atoms with Gasteiger partial charge in [-0.2, -0.15) is 0 Å². The van der Waals surface area contributed by atoms with Crippen LogP contribution in [0.2, 0.25) is 5.02 Å². The molecule has 1 aliphatic heterocycles. The Morgan fingerprint density at radius 1 is 1.35 bits per heavy atom. The quantitative estimate of drug-likeness (QED) is 0.865. The summed E-state index contributed by atoms with van der Waals surface area (Å²) < 4.78 is 0. The van der Waals surface area contributed by atoms with Crippen molar-refractivity contribution >= 4 is 29.3 Å². The number of halogens is 1. The molecule has 5 nitrogen and oxygen atoms in total. The number of carbonyl (C=O) groups excluding carboxylic acids is 1. The van der Waals surface area contributed by atoms with Gasteiger partial charge >= 0.3 is 12.0 Å². The van der Waals surface area contributed by atoms with Crippen molar-refractivity contribution in [2.24, 2.45) is 11.3 Å². The van der Waals surface area contributed by atoms with E-state index in [1.54, 1.807) is 4.90 Å². The highest BCUT2D eigenvalue weighted by molar-refractivity contribution is 6.33. The third-order valence-electron chi connectivity index (χ3n) is 5.41. The van der Waals surface area contributed by atoms with Gasteiger partial charge in [0.25, 0.3) is 0 Å². The van der Waals surface area contributed by atoms with Gasteiger partial charge in [-0.05, 0) is 55.9 Å². The first-order chi connectivity index (χ1) is 10.8. The minimum Gasteiger partial charge on any atom is -0.481 e. The van der Waals surface area contributed by atoms with Gasteiger partial charge in [0.05, 0.1) is 16.1 Å². The van der Waals surface area contributed by atoms with Gasteiger partial charge < -0.3 is 15.3 Å². The van der Waals surface area contributed by atoms with Crippen molar-refractivity contribution in [2.75, 3.05) is 18.4 Å². The van der Waals surface area contributed by atoms with Crippen molar-refractivity contribution in [1.29, 1.82) is 0 Å². The number of likely N-dealkylation sites (tertiary alicyclic amines) is 1. The highest BCUT2D eigenvalue weighted by Crippen LogP contribution is 2.49. The summed E-state index contributed by atoms with van der Waals surface area (Å²) in [6, 6.07) is 3.40. The Morgan fingerprint density at radius 3 is 2.70 bits per heavy atom. The van der Waals surface area contributed by atoms with Crippen molar-refractivity contribution in [3.63, 3.8) is 0 Å². The SMILES string of the molecule is Cc1cc(Cl)c(NC(=O)N2C[C@@H]3CCC[C@@]3(C(=O)O)C2)cc1C. The lowest BCUT2D eigenvalue weighted by atomic mass is 9.81. The highest BCUT2D eigenvalue weighted by Gasteiger charge is 2.55. The van der Waals surface area contributed by atoms with Gasteiger partial charge in [-0.15, -0.1) is 0 Å². The van der Waals surface area contributed by atoms with Crippen LogP contribution in [0.3, 0.4) is 0 Å². The van der Waals surface area contributed by atoms with Crippen LogP contribution in [0.5, 0.6) is 0 Å². The van der Waals surface area contributed by atoms with Crippen molar-refractivity contribution in [3.05, 3.63) is 28.3 Å². The molecular formula is C17H21ClN2O3. The molecule has 0 aromatic heterocycles. The average Bonchev–Trinajstić information content (AvgIpc) is 3.02. The minimum absolute atomic E-state index is 0.0565. The Kier molecular flexibility index (Phi) is 4.00. The first kappa shape index (κ1) is 16.1. The summed E-state index contributed by atoms with van der Waals surface area (Å²) in [5.41, 5.74) is 1.92. The Hall–Kier alpha value is -1.75. The number of aryl methyl sites for hydroxylation is 2. The predicted octanol–water partition coefficient (Wildman–Crippen LogP) is 3.68. The van der Waals surface area contributed by atoms with E-state index in [9.17, 15) is 14.7 Å². The molecule has 1 aliphatic carbocycles. The molecule has 2 fully saturated rings. The maximum atomic E-state index is 12.5. The summed E-state index contributed by atoms with van der Waals surface area (Å²) in [6.07, 6.45) is 2.46.